The molecule has 0 spiro atoms. The molecule has 3 amide bonds. The van der Waals surface area contributed by atoms with Crippen LogP contribution in [0.5, 0.6) is 0 Å². The first-order valence-electron chi connectivity index (χ1n) is 10.5. The van der Waals surface area contributed by atoms with Gasteiger partial charge in [-0.05, 0) is 60.1 Å². The summed E-state index contributed by atoms with van der Waals surface area (Å²) in [7, 11) is 1.77. The highest BCUT2D eigenvalue weighted by Crippen LogP contribution is 2.31. The van der Waals surface area contributed by atoms with Crippen LogP contribution in [0.1, 0.15) is 28.0 Å². The van der Waals surface area contributed by atoms with E-state index in [-0.39, 0.29) is 5.91 Å². The fourth-order valence-corrected chi connectivity index (χ4v) is 5.07. The van der Waals surface area contributed by atoms with E-state index in [1.807, 2.05) is 18.2 Å². The molecule has 1 aliphatic rings. The van der Waals surface area contributed by atoms with E-state index in [1.165, 1.54) is 21.7 Å². The summed E-state index contributed by atoms with van der Waals surface area (Å²) in [4.78, 5) is 42.9. The van der Waals surface area contributed by atoms with Gasteiger partial charge in [0.15, 0.2) is 0 Å². The molecule has 4 rings (SSSR count). The fraction of sp³-hybridized carbons (Fsp3) is 0.250. The third-order valence-corrected chi connectivity index (χ3v) is 6.92. The van der Waals surface area contributed by atoms with Crippen molar-refractivity contribution in [2.45, 2.75) is 32.4 Å². The minimum atomic E-state index is -1.24. The maximum Gasteiger partial charge on any atom is 0.405 e. The van der Waals surface area contributed by atoms with Gasteiger partial charge in [-0.15, -0.1) is 11.3 Å². The van der Waals surface area contributed by atoms with Crippen molar-refractivity contribution in [3.8, 4) is 0 Å². The van der Waals surface area contributed by atoms with E-state index >= 15 is 0 Å². The first-order valence-corrected chi connectivity index (χ1v) is 11.3. The topological polar surface area (TPSA) is 112 Å². The van der Waals surface area contributed by atoms with E-state index < -0.39 is 18.0 Å². The second kappa shape index (κ2) is 9.41. The van der Waals surface area contributed by atoms with Crippen LogP contribution in [0, 0.1) is 6.92 Å². The van der Waals surface area contributed by atoms with Gasteiger partial charge in [0.1, 0.15) is 11.9 Å². The van der Waals surface area contributed by atoms with Gasteiger partial charge in [-0.3, -0.25) is 9.59 Å². The largest absolute Gasteiger partial charge is 0.465 e. The molecule has 0 fully saturated rings. The monoisotopic (exact) mass is 464 g/mol. The number of carbonyl (C=O) groups excluding carboxylic acids is 2. The van der Waals surface area contributed by atoms with E-state index in [9.17, 15) is 14.4 Å². The SMILES string of the molecule is Cc1c(CN(C)C(=O)/C=C/c2cnc3c(c2)CC[C@H](NC(=O)O)C(=O)N3)sc2ccccc12. The van der Waals surface area contributed by atoms with Crippen molar-refractivity contribution in [3.05, 3.63) is 64.2 Å². The maximum absolute atomic E-state index is 12.7. The number of likely N-dealkylation sites (N-methyl/N-ethyl adjacent to an activating group) is 1. The van der Waals surface area contributed by atoms with Crippen molar-refractivity contribution in [2.24, 2.45) is 0 Å². The Labute approximate surface area is 194 Å². The van der Waals surface area contributed by atoms with Gasteiger partial charge in [-0.2, -0.15) is 0 Å². The number of aromatic nitrogens is 1. The molecule has 0 radical (unpaired) electrons. The minimum absolute atomic E-state index is 0.124. The molecule has 0 bridgehead atoms. The number of hydrogen-bond donors (Lipinski definition) is 3. The number of rotatable bonds is 5. The van der Waals surface area contributed by atoms with E-state index in [1.54, 1.807) is 35.6 Å². The molecule has 0 aliphatic carbocycles. The first-order chi connectivity index (χ1) is 15.8. The number of nitrogens with zero attached hydrogens (tertiary/aromatic N) is 2. The van der Waals surface area contributed by atoms with Gasteiger partial charge >= 0.3 is 6.09 Å². The van der Waals surface area contributed by atoms with Crippen molar-refractivity contribution < 1.29 is 19.5 Å². The molecule has 3 aromatic rings. The number of benzene rings is 1. The zero-order chi connectivity index (χ0) is 23.5. The summed E-state index contributed by atoms with van der Waals surface area (Å²) < 4.78 is 1.21. The van der Waals surface area contributed by atoms with Crippen LogP contribution in [0.2, 0.25) is 0 Å². The van der Waals surface area contributed by atoms with Crippen LogP contribution < -0.4 is 10.6 Å². The molecule has 1 aromatic carbocycles. The van der Waals surface area contributed by atoms with E-state index in [2.05, 4.69) is 34.7 Å². The molecule has 8 nitrogen and oxygen atoms in total. The summed E-state index contributed by atoms with van der Waals surface area (Å²) in [6, 6.07) is 9.25. The van der Waals surface area contributed by atoms with Crippen LogP contribution in [0.15, 0.2) is 42.6 Å². The van der Waals surface area contributed by atoms with Crippen LogP contribution in [-0.4, -0.2) is 46.0 Å². The summed E-state index contributed by atoms with van der Waals surface area (Å²) >= 11 is 1.70. The third kappa shape index (κ3) is 5.04. The number of anilines is 1. The second-order valence-electron chi connectivity index (χ2n) is 7.98. The van der Waals surface area contributed by atoms with Crippen LogP contribution >= 0.6 is 11.3 Å². The molecule has 0 saturated heterocycles. The molecule has 33 heavy (non-hydrogen) atoms. The Kier molecular flexibility index (Phi) is 6.41. The lowest BCUT2D eigenvalue weighted by Crippen LogP contribution is -2.42. The number of hydrogen-bond acceptors (Lipinski definition) is 5. The highest BCUT2D eigenvalue weighted by molar-refractivity contribution is 7.19. The molecule has 1 atom stereocenters. The Balaban J connectivity index is 1.43. The Morgan fingerprint density at radius 2 is 2.15 bits per heavy atom. The molecule has 170 valence electrons. The number of thiophene rings is 1. The van der Waals surface area contributed by atoms with Crippen LogP contribution in [0.25, 0.3) is 16.2 Å². The summed E-state index contributed by atoms with van der Waals surface area (Å²) in [6.07, 6.45) is 4.35. The summed E-state index contributed by atoms with van der Waals surface area (Å²) in [6.45, 7) is 2.61. The summed E-state index contributed by atoms with van der Waals surface area (Å²) in [5, 5.41) is 15.0. The lowest BCUT2D eigenvalue weighted by molar-refractivity contribution is -0.125. The number of pyridine rings is 1. The first kappa shape index (κ1) is 22.5. The van der Waals surface area contributed by atoms with Crippen molar-refractivity contribution >= 4 is 51.2 Å². The zero-order valence-electron chi connectivity index (χ0n) is 18.3. The van der Waals surface area contributed by atoms with E-state index in [0.29, 0.717) is 25.2 Å². The molecule has 0 unspecified atom stereocenters. The summed E-state index contributed by atoms with van der Waals surface area (Å²) in [5.74, 6) is -0.142. The Morgan fingerprint density at radius 3 is 2.91 bits per heavy atom. The highest BCUT2D eigenvalue weighted by atomic mass is 32.1. The van der Waals surface area contributed by atoms with Crippen molar-refractivity contribution in [1.29, 1.82) is 0 Å². The molecule has 9 heteroatoms. The predicted molar refractivity (Wildman–Crippen MR) is 128 cm³/mol. The fourth-order valence-electron chi connectivity index (χ4n) is 3.81. The van der Waals surface area contributed by atoms with Crippen molar-refractivity contribution in [2.75, 3.05) is 12.4 Å². The Morgan fingerprint density at radius 1 is 1.36 bits per heavy atom. The van der Waals surface area contributed by atoms with Gasteiger partial charge in [0.25, 0.3) is 0 Å². The van der Waals surface area contributed by atoms with Crippen LogP contribution in [0.3, 0.4) is 0 Å². The second-order valence-corrected chi connectivity index (χ2v) is 9.12. The average Bonchev–Trinajstić information content (AvgIpc) is 3.01. The molecule has 3 heterocycles. The molecule has 2 aromatic heterocycles. The number of aryl methyl sites for hydroxylation is 2. The van der Waals surface area contributed by atoms with E-state index in [4.69, 9.17) is 5.11 Å². The van der Waals surface area contributed by atoms with Crippen LogP contribution in [0.4, 0.5) is 10.6 Å². The predicted octanol–water partition coefficient (Wildman–Crippen LogP) is 3.80. The zero-order valence-corrected chi connectivity index (χ0v) is 19.1. The number of amides is 3. The maximum atomic E-state index is 12.7. The molecule has 1 aliphatic heterocycles. The molecular formula is C24H24N4O4S. The summed E-state index contributed by atoms with van der Waals surface area (Å²) in [5.41, 5.74) is 2.72. The van der Waals surface area contributed by atoms with Crippen LogP contribution in [-0.2, 0) is 22.6 Å². The number of carbonyl (C=O) groups is 3. The normalized spacial score (nSPS) is 15.7. The number of fused-ring (bicyclic) bond motifs is 2. The van der Waals surface area contributed by atoms with Gasteiger partial charge in [-0.25, -0.2) is 9.78 Å². The highest BCUT2D eigenvalue weighted by Gasteiger charge is 2.25. The molecular weight excluding hydrogens is 440 g/mol. The van der Waals surface area contributed by atoms with Gasteiger partial charge in [0.2, 0.25) is 11.8 Å². The lowest BCUT2D eigenvalue weighted by Gasteiger charge is -2.14. The Hall–Kier alpha value is -3.72. The average molecular weight is 465 g/mol. The van der Waals surface area contributed by atoms with Gasteiger partial charge in [-0.1, -0.05) is 18.2 Å². The molecule has 0 saturated carbocycles. The van der Waals surface area contributed by atoms with E-state index in [0.717, 1.165) is 16.0 Å². The third-order valence-electron chi connectivity index (χ3n) is 5.66. The quantitative estimate of drug-likeness (QED) is 0.498. The van der Waals surface area contributed by atoms with Gasteiger partial charge < -0.3 is 20.6 Å². The lowest BCUT2D eigenvalue weighted by atomic mass is 10.1. The van der Waals surface area contributed by atoms with Gasteiger partial charge in [0, 0.05) is 28.9 Å². The minimum Gasteiger partial charge on any atom is -0.465 e. The Bertz CT molecular complexity index is 1270. The standard InChI is InChI=1S/C24H24N4O4S/c1-14-17-5-3-4-6-19(17)33-20(14)13-28(2)21(29)10-7-15-11-16-8-9-18(26-24(31)32)23(30)27-22(16)25-12-15/h3-7,10-12,18,26H,8-9,13H2,1-2H3,(H,31,32)(H,25,27,30)/b10-7+/t18-/m0/s1. The number of carboxylic acid groups (broad SMARTS) is 1. The van der Waals surface area contributed by atoms with Crippen molar-refractivity contribution in [1.82, 2.24) is 15.2 Å². The number of nitrogens with one attached hydrogen (secondary N) is 2. The van der Waals surface area contributed by atoms with Crippen molar-refractivity contribution in [3.63, 3.8) is 0 Å². The molecule has 3 N–H and O–H groups in total. The smallest absolute Gasteiger partial charge is 0.405 e. The van der Waals surface area contributed by atoms with Gasteiger partial charge in [0.05, 0.1) is 6.54 Å².